The molecular formula is C20H18ClNO4S. The summed E-state index contributed by atoms with van der Waals surface area (Å²) in [6, 6.07) is 9.81. The lowest BCUT2D eigenvalue weighted by molar-refractivity contribution is -0.131. The fourth-order valence-corrected chi connectivity index (χ4v) is 4.56. The molecular weight excluding hydrogens is 386 g/mol. The molecule has 0 bridgehead atoms. The first kappa shape index (κ1) is 18.2. The van der Waals surface area contributed by atoms with E-state index in [-0.39, 0.29) is 17.5 Å². The van der Waals surface area contributed by atoms with Crippen LogP contribution in [-0.2, 0) is 9.53 Å². The third-order valence-corrected chi connectivity index (χ3v) is 6.13. The van der Waals surface area contributed by atoms with E-state index in [2.05, 4.69) is 0 Å². The van der Waals surface area contributed by atoms with Crippen LogP contribution < -0.4 is 0 Å². The van der Waals surface area contributed by atoms with Crippen molar-refractivity contribution >= 4 is 34.6 Å². The Kier molecular flexibility index (Phi) is 5.04. The fourth-order valence-electron chi connectivity index (χ4n) is 3.64. The number of carbonyl (C=O) groups is 2. The molecule has 0 saturated carbocycles. The van der Waals surface area contributed by atoms with Crippen molar-refractivity contribution < 1.29 is 19.4 Å². The van der Waals surface area contributed by atoms with Gasteiger partial charge in [0.2, 0.25) is 5.78 Å². The zero-order valence-corrected chi connectivity index (χ0v) is 16.0. The molecule has 5 nitrogen and oxygen atoms in total. The molecule has 7 heteroatoms. The number of ketones is 1. The summed E-state index contributed by atoms with van der Waals surface area (Å²) in [4.78, 5) is 27.9. The third-order valence-electron chi connectivity index (χ3n) is 4.92. The Morgan fingerprint density at radius 2 is 2.11 bits per heavy atom. The number of hydrogen-bond donors (Lipinski definition) is 1. The molecule has 2 aliphatic heterocycles. The van der Waals surface area contributed by atoms with Crippen molar-refractivity contribution in [3.63, 3.8) is 0 Å². The largest absolute Gasteiger partial charge is 0.503 e. The summed E-state index contributed by atoms with van der Waals surface area (Å²) in [5.41, 5.74) is 0.697. The number of hydrogen-bond acceptors (Lipinski definition) is 5. The van der Waals surface area contributed by atoms with Crippen molar-refractivity contribution in [1.82, 2.24) is 4.90 Å². The Morgan fingerprint density at radius 3 is 2.78 bits per heavy atom. The van der Waals surface area contributed by atoms with Crippen molar-refractivity contribution in [3.05, 3.63) is 68.6 Å². The van der Waals surface area contributed by atoms with Gasteiger partial charge in [0.1, 0.15) is 0 Å². The van der Waals surface area contributed by atoms with Crippen LogP contribution in [-0.4, -0.2) is 41.0 Å². The van der Waals surface area contributed by atoms with E-state index in [4.69, 9.17) is 16.3 Å². The van der Waals surface area contributed by atoms with Crippen molar-refractivity contribution in [2.75, 3.05) is 13.2 Å². The standard InChI is InChI=1S/C20H18ClNO4S/c21-14-7-2-1-6-13(14)17-16(18(23)15-8-4-10-27-15)19(24)20(25)22(17)11-12-5-3-9-26-12/h1-2,4,6-8,10,12,17,24H,3,5,9,11H2. The van der Waals surface area contributed by atoms with Crippen LogP contribution in [0.4, 0.5) is 0 Å². The number of ether oxygens (including phenoxy) is 1. The van der Waals surface area contributed by atoms with Crippen LogP contribution >= 0.6 is 22.9 Å². The summed E-state index contributed by atoms with van der Waals surface area (Å²) in [5.74, 6) is -1.41. The maximum Gasteiger partial charge on any atom is 0.290 e. The number of rotatable bonds is 5. The van der Waals surface area contributed by atoms with E-state index in [1.54, 1.807) is 41.8 Å². The molecule has 1 fully saturated rings. The van der Waals surface area contributed by atoms with Crippen LogP contribution in [0, 0.1) is 0 Å². The average Bonchev–Trinajstić information content (AvgIpc) is 3.40. The first-order chi connectivity index (χ1) is 13.1. The van der Waals surface area contributed by atoms with Gasteiger partial charge in [-0.15, -0.1) is 11.3 Å². The predicted molar refractivity (Wildman–Crippen MR) is 103 cm³/mol. The fraction of sp³-hybridized carbons (Fsp3) is 0.300. The van der Waals surface area contributed by atoms with Gasteiger partial charge in [0.15, 0.2) is 5.76 Å². The van der Waals surface area contributed by atoms with Gasteiger partial charge < -0.3 is 14.7 Å². The average molecular weight is 404 g/mol. The zero-order chi connectivity index (χ0) is 19.0. The van der Waals surface area contributed by atoms with E-state index in [0.29, 0.717) is 28.6 Å². The van der Waals surface area contributed by atoms with E-state index in [1.807, 2.05) is 0 Å². The minimum absolute atomic E-state index is 0.0774. The second kappa shape index (κ2) is 7.46. The molecule has 4 rings (SSSR count). The maximum absolute atomic E-state index is 13.1. The first-order valence-electron chi connectivity index (χ1n) is 8.76. The number of carbonyl (C=O) groups excluding carboxylic acids is 2. The lowest BCUT2D eigenvalue weighted by atomic mass is 9.95. The highest BCUT2D eigenvalue weighted by Gasteiger charge is 2.45. The van der Waals surface area contributed by atoms with Crippen LogP contribution in [0.2, 0.25) is 5.02 Å². The molecule has 0 radical (unpaired) electrons. The lowest BCUT2D eigenvalue weighted by Crippen LogP contribution is -2.37. The Morgan fingerprint density at radius 1 is 1.30 bits per heavy atom. The number of amides is 1. The zero-order valence-electron chi connectivity index (χ0n) is 14.4. The summed E-state index contributed by atoms with van der Waals surface area (Å²) in [6.07, 6.45) is 1.67. The molecule has 0 spiro atoms. The normalized spacial score (nSPS) is 22.7. The van der Waals surface area contributed by atoms with Crippen molar-refractivity contribution in [2.24, 2.45) is 0 Å². The van der Waals surface area contributed by atoms with Crippen molar-refractivity contribution in [1.29, 1.82) is 0 Å². The van der Waals surface area contributed by atoms with Crippen molar-refractivity contribution in [3.8, 4) is 0 Å². The molecule has 3 heterocycles. The van der Waals surface area contributed by atoms with E-state index in [1.165, 1.54) is 16.2 Å². The Labute approximate surface area is 165 Å². The second-order valence-corrected chi connectivity index (χ2v) is 7.94. The van der Waals surface area contributed by atoms with Gasteiger partial charge in [-0.2, -0.15) is 0 Å². The van der Waals surface area contributed by atoms with Gasteiger partial charge in [-0.05, 0) is 35.9 Å². The van der Waals surface area contributed by atoms with E-state index < -0.39 is 17.7 Å². The summed E-state index contributed by atoms with van der Waals surface area (Å²) >= 11 is 7.67. The van der Waals surface area contributed by atoms with Gasteiger partial charge in [-0.25, -0.2) is 0 Å². The van der Waals surface area contributed by atoms with Gasteiger partial charge in [0.25, 0.3) is 5.91 Å². The number of aliphatic hydroxyl groups is 1. The van der Waals surface area contributed by atoms with E-state index in [9.17, 15) is 14.7 Å². The smallest absolute Gasteiger partial charge is 0.290 e. The number of halogens is 1. The van der Waals surface area contributed by atoms with Gasteiger partial charge in [-0.3, -0.25) is 9.59 Å². The Balaban J connectivity index is 1.78. The van der Waals surface area contributed by atoms with Gasteiger partial charge in [-0.1, -0.05) is 35.9 Å². The predicted octanol–water partition coefficient (Wildman–Crippen LogP) is 4.16. The van der Waals surface area contributed by atoms with Gasteiger partial charge in [0.05, 0.1) is 22.6 Å². The molecule has 2 atom stereocenters. The number of aliphatic hydroxyl groups excluding tert-OH is 1. The minimum Gasteiger partial charge on any atom is -0.503 e. The number of benzene rings is 1. The van der Waals surface area contributed by atoms with Crippen LogP contribution in [0.5, 0.6) is 0 Å². The highest BCUT2D eigenvalue weighted by molar-refractivity contribution is 7.12. The molecule has 1 saturated heterocycles. The highest BCUT2D eigenvalue weighted by atomic mass is 35.5. The maximum atomic E-state index is 13.1. The molecule has 1 aromatic heterocycles. The van der Waals surface area contributed by atoms with Crippen molar-refractivity contribution in [2.45, 2.75) is 25.0 Å². The van der Waals surface area contributed by atoms with E-state index >= 15 is 0 Å². The van der Waals surface area contributed by atoms with E-state index in [0.717, 1.165) is 12.8 Å². The Hall–Kier alpha value is -2.15. The minimum atomic E-state index is -0.731. The monoisotopic (exact) mass is 403 g/mol. The summed E-state index contributed by atoms with van der Waals surface area (Å²) in [7, 11) is 0. The SMILES string of the molecule is O=C(C1=C(O)C(=O)N(CC2CCCO2)C1c1ccccc1Cl)c1cccs1. The molecule has 27 heavy (non-hydrogen) atoms. The number of Topliss-reactive ketones (excluding diaryl/α,β-unsaturated/α-hetero) is 1. The van der Waals surface area contributed by atoms with Gasteiger partial charge in [0, 0.05) is 18.2 Å². The molecule has 2 aromatic rings. The number of thiophene rings is 1. The molecule has 1 N–H and O–H groups in total. The second-order valence-electron chi connectivity index (χ2n) is 6.59. The van der Waals surface area contributed by atoms with Crippen LogP contribution in [0.25, 0.3) is 0 Å². The molecule has 140 valence electrons. The molecule has 2 aliphatic rings. The summed E-state index contributed by atoms with van der Waals surface area (Å²) in [6.45, 7) is 0.962. The van der Waals surface area contributed by atoms with Gasteiger partial charge >= 0.3 is 0 Å². The molecule has 1 amide bonds. The summed E-state index contributed by atoms with van der Waals surface area (Å²) < 4.78 is 5.67. The molecule has 0 aliphatic carbocycles. The molecule has 1 aromatic carbocycles. The molecule has 2 unspecified atom stereocenters. The first-order valence-corrected chi connectivity index (χ1v) is 10.0. The third kappa shape index (κ3) is 3.29. The topological polar surface area (TPSA) is 66.8 Å². The quantitative estimate of drug-likeness (QED) is 0.761. The summed E-state index contributed by atoms with van der Waals surface area (Å²) in [5, 5.41) is 12.8. The lowest BCUT2D eigenvalue weighted by Gasteiger charge is -2.29. The highest BCUT2D eigenvalue weighted by Crippen LogP contribution is 2.42. The van der Waals surface area contributed by atoms with Crippen LogP contribution in [0.15, 0.2) is 53.1 Å². The van der Waals surface area contributed by atoms with Crippen LogP contribution in [0.3, 0.4) is 0 Å². The number of nitrogens with zero attached hydrogens (tertiary/aromatic N) is 1. The van der Waals surface area contributed by atoms with Crippen LogP contribution in [0.1, 0.15) is 34.1 Å². The Bertz CT molecular complexity index is 902.